The van der Waals surface area contributed by atoms with Crippen LogP contribution in [0.2, 0.25) is 0 Å². The van der Waals surface area contributed by atoms with Crippen molar-refractivity contribution in [3.8, 4) is 5.75 Å². The lowest BCUT2D eigenvalue weighted by Gasteiger charge is -2.29. The van der Waals surface area contributed by atoms with Gasteiger partial charge in [-0.05, 0) is 49.8 Å². The summed E-state index contributed by atoms with van der Waals surface area (Å²) < 4.78 is 0. The van der Waals surface area contributed by atoms with Gasteiger partial charge in [-0.2, -0.15) is 0 Å². The Balaban J connectivity index is 1.82. The highest BCUT2D eigenvalue weighted by atomic mass is 16.3. The lowest BCUT2D eigenvalue weighted by Crippen LogP contribution is -2.48. The fourth-order valence-electron chi connectivity index (χ4n) is 3.06. The van der Waals surface area contributed by atoms with E-state index in [9.17, 15) is 9.90 Å². The molecule has 0 spiro atoms. The van der Waals surface area contributed by atoms with Crippen molar-refractivity contribution in [3.05, 3.63) is 29.8 Å². The van der Waals surface area contributed by atoms with Crippen LogP contribution in [0.15, 0.2) is 24.3 Å². The van der Waals surface area contributed by atoms with E-state index >= 15 is 0 Å². The molecule has 1 amide bonds. The van der Waals surface area contributed by atoms with Crippen LogP contribution in [0.4, 0.5) is 0 Å². The molecule has 1 saturated carbocycles. The maximum atomic E-state index is 12.2. The predicted octanol–water partition coefficient (Wildman–Crippen LogP) is 2.35. The number of nitrogens with two attached hydrogens (primary N) is 1. The van der Waals surface area contributed by atoms with Crippen molar-refractivity contribution in [1.29, 1.82) is 0 Å². The standard InChI is InChI=1S/C17H26N2O2/c1-12(14-5-3-2-4-6-14)19-17(21)16(18)11-13-7-9-15(20)10-8-13/h7-10,12,14,16,20H,2-6,11,18H2,1H3,(H,19,21)/t12-,16?/m1/s1. The zero-order chi connectivity index (χ0) is 15.2. The molecular formula is C17H26N2O2. The van der Waals surface area contributed by atoms with E-state index < -0.39 is 6.04 Å². The number of carbonyl (C=O) groups is 1. The zero-order valence-electron chi connectivity index (χ0n) is 12.7. The number of benzene rings is 1. The minimum absolute atomic E-state index is 0.0823. The zero-order valence-corrected chi connectivity index (χ0v) is 12.7. The summed E-state index contributed by atoms with van der Waals surface area (Å²) in [5, 5.41) is 12.3. The first kappa shape index (κ1) is 15.8. The smallest absolute Gasteiger partial charge is 0.237 e. The summed E-state index contributed by atoms with van der Waals surface area (Å²) in [5.74, 6) is 0.729. The number of rotatable bonds is 5. The van der Waals surface area contributed by atoms with Gasteiger partial charge in [0.15, 0.2) is 0 Å². The van der Waals surface area contributed by atoms with Crippen molar-refractivity contribution in [2.45, 2.75) is 57.5 Å². The second-order valence-electron chi connectivity index (χ2n) is 6.17. The number of phenolic OH excluding ortho intramolecular Hbond substituents is 1. The summed E-state index contributed by atoms with van der Waals surface area (Å²) in [4.78, 5) is 12.2. The van der Waals surface area contributed by atoms with E-state index in [1.165, 1.54) is 32.1 Å². The Kier molecular flexibility index (Phi) is 5.62. The van der Waals surface area contributed by atoms with Crippen LogP contribution < -0.4 is 11.1 Å². The minimum atomic E-state index is -0.541. The quantitative estimate of drug-likeness (QED) is 0.779. The van der Waals surface area contributed by atoms with Gasteiger partial charge in [0.05, 0.1) is 6.04 Å². The molecule has 2 atom stereocenters. The van der Waals surface area contributed by atoms with Crippen LogP contribution in [-0.4, -0.2) is 23.1 Å². The number of phenols is 1. The van der Waals surface area contributed by atoms with Crippen LogP contribution in [0.5, 0.6) is 5.75 Å². The molecule has 1 aliphatic rings. The average Bonchev–Trinajstić information content (AvgIpc) is 2.50. The van der Waals surface area contributed by atoms with Gasteiger partial charge in [-0.15, -0.1) is 0 Å². The molecule has 0 aromatic heterocycles. The van der Waals surface area contributed by atoms with Crippen LogP contribution in [0, 0.1) is 5.92 Å². The third-order valence-corrected chi connectivity index (χ3v) is 4.46. The topological polar surface area (TPSA) is 75.4 Å². The Labute approximate surface area is 126 Å². The molecule has 0 heterocycles. The molecule has 4 nitrogen and oxygen atoms in total. The number of amides is 1. The Morgan fingerprint density at radius 3 is 2.52 bits per heavy atom. The lowest BCUT2D eigenvalue weighted by atomic mass is 9.84. The van der Waals surface area contributed by atoms with E-state index in [0.29, 0.717) is 12.3 Å². The van der Waals surface area contributed by atoms with E-state index in [2.05, 4.69) is 12.2 Å². The van der Waals surface area contributed by atoms with Gasteiger partial charge in [0.2, 0.25) is 5.91 Å². The van der Waals surface area contributed by atoms with Gasteiger partial charge in [0.1, 0.15) is 5.75 Å². The van der Waals surface area contributed by atoms with Gasteiger partial charge in [0.25, 0.3) is 0 Å². The highest BCUT2D eigenvalue weighted by molar-refractivity contribution is 5.82. The second kappa shape index (κ2) is 7.46. The van der Waals surface area contributed by atoms with Crippen LogP contribution in [0.25, 0.3) is 0 Å². The summed E-state index contributed by atoms with van der Waals surface area (Å²) in [5.41, 5.74) is 6.95. The van der Waals surface area contributed by atoms with Crippen LogP contribution in [-0.2, 0) is 11.2 Å². The third kappa shape index (κ3) is 4.74. The fraction of sp³-hybridized carbons (Fsp3) is 0.588. The maximum absolute atomic E-state index is 12.2. The summed E-state index contributed by atoms with van der Waals surface area (Å²) in [6, 6.07) is 6.49. The van der Waals surface area contributed by atoms with E-state index in [0.717, 1.165) is 5.56 Å². The number of hydrogen-bond donors (Lipinski definition) is 3. The van der Waals surface area contributed by atoms with Gasteiger partial charge in [-0.1, -0.05) is 31.4 Å². The van der Waals surface area contributed by atoms with Crippen molar-refractivity contribution >= 4 is 5.91 Å². The summed E-state index contributed by atoms with van der Waals surface area (Å²) in [6.07, 6.45) is 6.75. The number of nitrogens with one attached hydrogen (secondary N) is 1. The number of hydrogen-bond acceptors (Lipinski definition) is 3. The van der Waals surface area contributed by atoms with Gasteiger partial charge >= 0.3 is 0 Å². The highest BCUT2D eigenvalue weighted by Gasteiger charge is 2.23. The van der Waals surface area contributed by atoms with Gasteiger partial charge in [-0.25, -0.2) is 0 Å². The first-order valence-corrected chi connectivity index (χ1v) is 7.90. The molecule has 1 aromatic carbocycles. The molecule has 2 rings (SSSR count). The molecule has 116 valence electrons. The molecule has 1 fully saturated rings. The Hall–Kier alpha value is -1.55. The van der Waals surface area contributed by atoms with E-state index in [1.807, 2.05) is 0 Å². The summed E-state index contributed by atoms with van der Waals surface area (Å²) in [6.45, 7) is 2.08. The van der Waals surface area contributed by atoms with E-state index in [-0.39, 0.29) is 17.7 Å². The molecule has 1 aromatic rings. The van der Waals surface area contributed by atoms with E-state index in [1.54, 1.807) is 24.3 Å². The lowest BCUT2D eigenvalue weighted by molar-refractivity contribution is -0.123. The monoisotopic (exact) mass is 290 g/mol. The normalized spacial score (nSPS) is 19.0. The molecular weight excluding hydrogens is 264 g/mol. The largest absolute Gasteiger partial charge is 0.508 e. The van der Waals surface area contributed by atoms with Crippen molar-refractivity contribution < 1.29 is 9.90 Å². The fourth-order valence-corrected chi connectivity index (χ4v) is 3.06. The number of carbonyl (C=O) groups excluding carboxylic acids is 1. The Bertz CT molecular complexity index is 452. The third-order valence-electron chi connectivity index (χ3n) is 4.46. The van der Waals surface area contributed by atoms with Crippen molar-refractivity contribution in [2.75, 3.05) is 0 Å². The van der Waals surface area contributed by atoms with Crippen molar-refractivity contribution in [1.82, 2.24) is 5.32 Å². The Morgan fingerprint density at radius 2 is 1.90 bits per heavy atom. The maximum Gasteiger partial charge on any atom is 0.237 e. The van der Waals surface area contributed by atoms with E-state index in [4.69, 9.17) is 5.73 Å². The Morgan fingerprint density at radius 1 is 1.29 bits per heavy atom. The molecule has 1 aliphatic carbocycles. The van der Waals surface area contributed by atoms with Crippen LogP contribution in [0.1, 0.15) is 44.6 Å². The van der Waals surface area contributed by atoms with Gasteiger partial charge in [0, 0.05) is 6.04 Å². The molecule has 0 aliphatic heterocycles. The first-order chi connectivity index (χ1) is 10.1. The molecule has 0 radical (unpaired) electrons. The summed E-state index contributed by atoms with van der Waals surface area (Å²) in [7, 11) is 0. The number of aromatic hydroxyl groups is 1. The molecule has 1 unspecified atom stereocenters. The predicted molar refractivity (Wildman–Crippen MR) is 84.0 cm³/mol. The van der Waals surface area contributed by atoms with Crippen LogP contribution >= 0.6 is 0 Å². The summed E-state index contributed by atoms with van der Waals surface area (Å²) >= 11 is 0. The molecule has 4 N–H and O–H groups in total. The van der Waals surface area contributed by atoms with Gasteiger partial charge < -0.3 is 16.2 Å². The average molecular weight is 290 g/mol. The molecule has 21 heavy (non-hydrogen) atoms. The van der Waals surface area contributed by atoms with Crippen LogP contribution in [0.3, 0.4) is 0 Å². The first-order valence-electron chi connectivity index (χ1n) is 7.90. The van der Waals surface area contributed by atoms with Gasteiger partial charge in [-0.3, -0.25) is 4.79 Å². The second-order valence-corrected chi connectivity index (χ2v) is 6.17. The molecule has 0 bridgehead atoms. The minimum Gasteiger partial charge on any atom is -0.508 e. The highest BCUT2D eigenvalue weighted by Crippen LogP contribution is 2.26. The SMILES string of the molecule is C[C@@H](NC(=O)C(N)Cc1ccc(O)cc1)C1CCCCC1. The molecule has 0 saturated heterocycles. The molecule has 4 heteroatoms. The van der Waals surface area contributed by atoms with Crippen molar-refractivity contribution in [3.63, 3.8) is 0 Å². The van der Waals surface area contributed by atoms with Crippen molar-refractivity contribution in [2.24, 2.45) is 11.7 Å².